The average molecular weight is 180 g/mol. The Morgan fingerprint density at radius 2 is 2.00 bits per heavy atom. The summed E-state index contributed by atoms with van der Waals surface area (Å²) in [5, 5.41) is 0. The summed E-state index contributed by atoms with van der Waals surface area (Å²) in [6.07, 6.45) is 0. The summed E-state index contributed by atoms with van der Waals surface area (Å²) in [4.78, 5) is 0. The van der Waals surface area contributed by atoms with Crippen LogP contribution in [0.25, 0.3) is 0 Å². The van der Waals surface area contributed by atoms with E-state index in [0.29, 0.717) is 5.94 Å². The van der Waals surface area contributed by atoms with Crippen LogP contribution in [0.3, 0.4) is 0 Å². The first-order chi connectivity index (χ1) is 4.56. The third kappa shape index (κ3) is 8.49. The van der Waals surface area contributed by atoms with E-state index in [1.807, 2.05) is 0 Å². The van der Waals surface area contributed by atoms with E-state index < -0.39 is 8.07 Å². The van der Waals surface area contributed by atoms with Gasteiger partial charge in [0.05, 0.1) is 0 Å². The van der Waals surface area contributed by atoms with Gasteiger partial charge in [-0.05, 0) is 6.04 Å². The highest BCUT2D eigenvalue weighted by Crippen LogP contribution is 2.07. The number of hydrogen-bond acceptors (Lipinski definition) is 3. The van der Waals surface area contributed by atoms with Crippen molar-refractivity contribution < 1.29 is 9.29 Å². The van der Waals surface area contributed by atoms with E-state index in [2.05, 4.69) is 19.6 Å². The summed E-state index contributed by atoms with van der Waals surface area (Å²) < 4.78 is 13.4. The van der Waals surface area contributed by atoms with Crippen LogP contribution >= 0.6 is 12.0 Å². The van der Waals surface area contributed by atoms with Crippen LogP contribution in [0, 0.1) is 0 Å². The summed E-state index contributed by atoms with van der Waals surface area (Å²) in [5.41, 5.74) is 0. The van der Waals surface area contributed by atoms with Crippen molar-refractivity contribution in [3.8, 4) is 0 Å². The van der Waals surface area contributed by atoms with E-state index in [4.69, 9.17) is 9.29 Å². The van der Waals surface area contributed by atoms with E-state index in [1.165, 1.54) is 6.04 Å². The lowest BCUT2D eigenvalue weighted by atomic mass is 10.9. The Morgan fingerprint density at radius 1 is 1.40 bits per heavy atom. The number of hydrogen-bond donors (Lipinski definition) is 1. The van der Waals surface area contributed by atoms with E-state index in [0.717, 1.165) is 18.6 Å². The summed E-state index contributed by atoms with van der Waals surface area (Å²) >= 11 is 0.745. The molecule has 0 fully saturated rings. The molecule has 0 aromatic heterocycles. The summed E-state index contributed by atoms with van der Waals surface area (Å²) in [6.45, 7) is 7.72. The zero-order chi connectivity index (χ0) is 8.04. The fraction of sp³-hybridized carbons (Fsp3) is 1.00. The molecule has 2 nitrogen and oxygen atoms in total. The predicted molar refractivity (Wildman–Crippen MR) is 49.2 cm³/mol. The molecule has 0 saturated heterocycles. The fourth-order valence-corrected chi connectivity index (χ4v) is 1.42. The third-order valence-corrected chi connectivity index (χ3v) is 3.11. The Morgan fingerprint density at radius 3 is 2.40 bits per heavy atom. The molecule has 0 bridgehead atoms. The molecule has 0 aliphatic rings. The van der Waals surface area contributed by atoms with E-state index in [9.17, 15) is 0 Å². The highest BCUT2D eigenvalue weighted by atomic mass is 32.2. The average Bonchev–Trinajstić information content (AvgIpc) is 1.78. The number of ether oxygens (including phenoxy) is 1. The molecule has 0 atom stereocenters. The summed E-state index contributed by atoms with van der Waals surface area (Å²) in [5.74, 6) is 0.407. The van der Waals surface area contributed by atoms with Gasteiger partial charge in [0.25, 0.3) is 0 Å². The van der Waals surface area contributed by atoms with Gasteiger partial charge in [0.2, 0.25) is 0 Å². The van der Waals surface area contributed by atoms with Gasteiger partial charge in [-0.15, -0.1) is 0 Å². The predicted octanol–water partition coefficient (Wildman–Crippen LogP) is 2.50. The molecule has 62 valence electrons. The first-order valence-electron chi connectivity index (χ1n) is 3.40. The van der Waals surface area contributed by atoms with Crippen LogP contribution in [-0.4, -0.2) is 25.2 Å². The van der Waals surface area contributed by atoms with E-state index in [1.54, 1.807) is 0 Å². The molecular weight excluding hydrogens is 164 g/mol. The smallest absolute Gasteiger partial charge is 0.118 e. The van der Waals surface area contributed by atoms with Gasteiger partial charge in [0.15, 0.2) is 0 Å². The molecule has 0 amide bonds. The maximum absolute atomic E-state index is 8.30. The van der Waals surface area contributed by atoms with Crippen molar-refractivity contribution >= 4 is 20.1 Å². The van der Waals surface area contributed by atoms with Crippen LogP contribution < -0.4 is 0 Å². The quantitative estimate of drug-likeness (QED) is 0.305. The van der Waals surface area contributed by atoms with Crippen LogP contribution in [0.2, 0.25) is 25.7 Å². The van der Waals surface area contributed by atoms with Crippen LogP contribution in [-0.2, 0) is 4.74 Å². The van der Waals surface area contributed by atoms with Gasteiger partial charge in [-0.2, -0.15) is 0 Å². The molecular formula is C6H16O2SSi. The molecule has 1 N–H and O–H groups in total. The van der Waals surface area contributed by atoms with Gasteiger partial charge in [-0.3, -0.25) is 0 Å². The van der Waals surface area contributed by atoms with E-state index >= 15 is 0 Å². The van der Waals surface area contributed by atoms with Crippen molar-refractivity contribution in [1.82, 2.24) is 0 Å². The highest BCUT2D eigenvalue weighted by Gasteiger charge is 2.11. The first-order valence-corrected chi connectivity index (χ1v) is 8.05. The van der Waals surface area contributed by atoms with Crippen molar-refractivity contribution in [3.63, 3.8) is 0 Å². The van der Waals surface area contributed by atoms with Crippen LogP contribution in [0.5, 0.6) is 0 Å². The molecule has 4 heteroatoms. The van der Waals surface area contributed by atoms with Crippen molar-refractivity contribution in [2.24, 2.45) is 0 Å². The van der Waals surface area contributed by atoms with Gasteiger partial charge in [0, 0.05) is 26.7 Å². The zero-order valence-corrected chi connectivity index (χ0v) is 8.70. The minimum atomic E-state index is -0.923. The molecule has 0 aliphatic carbocycles. The molecule has 0 aliphatic heterocycles. The molecule has 0 aromatic carbocycles. The second-order valence-corrected chi connectivity index (χ2v) is 9.58. The second-order valence-electron chi connectivity index (χ2n) is 3.47. The fourth-order valence-electron chi connectivity index (χ4n) is 0.475. The largest absolute Gasteiger partial charge is 0.369 e. The molecule has 0 rings (SSSR count). The SMILES string of the molecule is C[Si](C)(C)CCOCSO. The molecule has 0 radical (unpaired) electrons. The maximum atomic E-state index is 8.30. The normalized spacial score (nSPS) is 12.0. The minimum absolute atomic E-state index is 0.407. The third-order valence-electron chi connectivity index (χ3n) is 1.13. The Labute approximate surface area is 68.2 Å². The first kappa shape index (κ1) is 10.5. The van der Waals surface area contributed by atoms with Crippen molar-refractivity contribution in [1.29, 1.82) is 0 Å². The van der Waals surface area contributed by atoms with Gasteiger partial charge < -0.3 is 9.29 Å². The summed E-state index contributed by atoms with van der Waals surface area (Å²) in [7, 11) is -0.923. The van der Waals surface area contributed by atoms with Crippen molar-refractivity contribution in [2.45, 2.75) is 25.7 Å². The van der Waals surface area contributed by atoms with Crippen molar-refractivity contribution in [2.75, 3.05) is 12.5 Å². The summed E-state index contributed by atoms with van der Waals surface area (Å²) in [6, 6.07) is 1.17. The standard InChI is InChI=1S/C6H16O2SSi/c1-10(2,3)5-4-8-6-9-7/h7H,4-6H2,1-3H3. The Kier molecular flexibility index (Phi) is 5.43. The lowest BCUT2D eigenvalue weighted by Crippen LogP contribution is -2.21. The lowest BCUT2D eigenvalue weighted by molar-refractivity contribution is 0.194. The molecule has 0 unspecified atom stereocenters. The topological polar surface area (TPSA) is 29.5 Å². The molecule has 0 spiro atoms. The van der Waals surface area contributed by atoms with Crippen LogP contribution in [0.1, 0.15) is 0 Å². The molecule has 10 heavy (non-hydrogen) atoms. The zero-order valence-electron chi connectivity index (χ0n) is 6.89. The van der Waals surface area contributed by atoms with Gasteiger partial charge in [-0.1, -0.05) is 19.6 Å². The van der Waals surface area contributed by atoms with Crippen LogP contribution in [0.4, 0.5) is 0 Å². The monoisotopic (exact) mass is 180 g/mol. The maximum Gasteiger partial charge on any atom is 0.118 e. The van der Waals surface area contributed by atoms with Gasteiger partial charge in [0.1, 0.15) is 5.94 Å². The Hall–Kier alpha value is 0.487. The molecule has 0 heterocycles. The highest BCUT2D eigenvalue weighted by molar-refractivity contribution is 7.93. The van der Waals surface area contributed by atoms with Gasteiger partial charge >= 0.3 is 0 Å². The molecule has 0 aromatic rings. The number of rotatable bonds is 5. The Bertz CT molecular complexity index is 82.3. The van der Waals surface area contributed by atoms with Crippen molar-refractivity contribution in [3.05, 3.63) is 0 Å². The second kappa shape index (κ2) is 5.18. The Balaban J connectivity index is 3.04. The van der Waals surface area contributed by atoms with Gasteiger partial charge in [-0.25, -0.2) is 0 Å². The minimum Gasteiger partial charge on any atom is -0.369 e. The lowest BCUT2D eigenvalue weighted by Gasteiger charge is -2.14. The van der Waals surface area contributed by atoms with E-state index in [-0.39, 0.29) is 0 Å². The van der Waals surface area contributed by atoms with Crippen LogP contribution in [0.15, 0.2) is 0 Å². The molecule has 0 saturated carbocycles.